The van der Waals surface area contributed by atoms with Gasteiger partial charge in [0, 0.05) is 17.1 Å². The molecule has 2 aliphatic rings. The normalized spacial score (nSPS) is 26.4. The van der Waals surface area contributed by atoms with Crippen molar-refractivity contribution in [2.24, 2.45) is 0 Å². The number of imide groups is 1. The number of carbonyl (C=O) groups excluding carboxylic acids is 3. The van der Waals surface area contributed by atoms with Gasteiger partial charge in [0.25, 0.3) is 5.91 Å². The quantitative estimate of drug-likeness (QED) is 0.650. The second-order valence-electron chi connectivity index (χ2n) is 7.19. The van der Waals surface area contributed by atoms with Gasteiger partial charge in [-0.25, -0.2) is 13.2 Å². The van der Waals surface area contributed by atoms with Gasteiger partial charge >= 0.3 is 6.03 Å². The predicted molar refractivity (Wildman–Crippen MR) is 106 cm³/mol. The van der Waals surface area contributed by atoms with Crippen molar-refractivity contribution in [3.8, 4) is 0 Å². The van der Waals surface area contributed by atoms with Gasteiger partial charge in [0.1, 0.15) is 12.1 Å². The molecule has 152 valence electrons. The third-order valence-corrected chi connectivity index (χ3v) is 7.52. The summed E-state index contributed by atoms with van der Waals surface area (Å²) in [5, 5.41) is 2.67. The van der Waals surface area contributed by atoms with Crippen LogP contribution < -0.4 is 5.32 Å². The van der Waals surface area contributed by atoms with Crippen LogP contribution in [0.2, 0.25) is 0 Å². The van der Waals surface area contributed by atoms with Crippen LogP contribution in [0.4, 0.5) is 4.79 Å². The van der Waals surface area contributed by atoms with E-state index < -0.39 is 45.8 Å². The van der Waals surface area contributed by atoms with Gasteiger partial charge in [0.2, 0.25) is 5.91 Å². The second-order valence-corrected chi connectivity index (χ2v) is 10.3. The van der Waals surface area contributed by atoms with Gasteiger partial charge in [-0.15, -0.1) is 0 Å². The number of urea groups is 1. The summed E-state index contributed by atoms with van der Waals surface area (Å²) >= 11 is 3.35. The number of amides is 4. The monoisotopic (exact) mass is 471 g/mol. The molecule has 1 aromatic carbocycles. The Bertz CT molecular complexity index is 935. The molecule has 4 amide bonds. The molecule has 0 aromatic heterocycles. The summed E-state index contributed by atoms with van der Waals surface area (Å²) in [5.74, 6) is -0.987. The average molecular weight is 472 g/mol. The van der Waals surface area contributed by atoms with E-state index in [-0.39, 0.29) is 11.5 Å². The molecule has 2 atom stereocenters. The van der Waals surface area contributed by atoms with E-state index in [1.54, 1.807) is 32.0 Å². The van der Waals surface area contributed by atoms with Crippen molar-refractivity contribution in [2.45, 2.75) is 31.8 Å². The van der Waals surface area contributed by atoms with Crippen LogP contribution in [0.5, 0.6) is 0 Å². The minimum atomic E-state index is -3.15. The number of likely N-dealkylation sites (N-methyl/N-ethyl adjacent to an activating group) is 1. The zero-order valence-corrected chi connectivity index (χ0v) is 18.0. The van der Waals surface area contributed by atoms with E-state index in [0.29, 0.717) is 18.5 Å². The average Bonchev–Trinajstić information content (AvgIpc) is 3.08. The number of sulfone groups is 1. The minimum absolute atomic E-state index is 0.0472. The molecule has 0 unspecified atom stereocenters. The van der Waals surface area contributed by atoms with E-state index in [1.807, 2.05) is 6.07 Å². The lowest BCUT2D eigenvalue weighted by Crippen LogP contribution is -2.48. The molecule has 0 bridgehead atoms. The first-order valence-corrected chi connectivity index (χ1v) is 11.6. The number of hydrogen-bond acceptors (Lipinski definition) is 5. The van der Waals surface area contributed by atoms with Gasteiger partial charge in [0.05, 0.1) is 11.5 Å². The molecule has 3 rings (SSSR count). The fourth-order valence-corrected chi connectivity index (χ4v) is 5.85. The molecule has 0 saturated carbocycles. The van der Waals surface area contributed by atoms with Crippen LogP contribution in [0.1, 0.15) is 25.8 Å². The number of rotatable bonds is 5. The highest BCUT2D eigenvalue weighted by Crippen LogP contribution is 2.30. The molecule has 2 saturated heterocycles. The Hall–Kier alpha value is -1.94. The maximum Gasteiger partial charge on any atom is 0.325 e. The van der Waals surface area contributed by atoms with Gasteiger partial charge in [0.15, 0.2) is 9.84 Å². The SMILES string of the molecule is CCN(C(=O)CN1C(=O)N[C@@](C)(c2cccc(Br)c2)C1=O)[C@H]1CCS(=O)(=O)C1. The largest absolute Gasteiger partial charge is 0.337 e. The fourth-order valence-electron chi connectivity index (χ4n) is 3.72. The van der Waals surface area contributed by atoms with E-state index in [2.05, 4.69) is 21.2 Å². The molecule has 1 aromatic rings. The Kier molecular flexibility index (Phi) is 5.55. The van der Waals surface area contributed by atoms with Crippen molar-refractivity contribution in [1.29, 1.82) is 0 Å². The van der Waals surface area contributed by atoms with Gasteiger partial charge in [-0.1, -0.05) is 28.1 Å². The molecule has 28 heavy (non-hydrogen) atoms. The summed E-state index contributed by atoms with van der Waals surface area (Å²) in [6.45, 7) is 3.24. The highest BCUT2D eigenvalue weighted by atomic mass is 79.9. The zero-order chi connectivity index (χ0) is 20.7. The number of benzene rings is 1. The third-order valence-electron chi connectivity index (χ3n) is 5.28. The lowest BCUT2D eigenvalue weighted by Gasteiger charge is -2.28. The van der Waals surface area contributed by atoms with E-state index in [1.165, 1.54) is 4.90 Å². The molecule has 0 radical (unpaired) electrons. The first-order chi connectivity index (χ1) is 13.1. The van der Waals surface area contributed by atoms with Crippen molar-refractivity contribution in [3.63, 3.8) is 0 Å². The summed E-state index contributed by atoms with van der Waals surface area (Å²) in [4.78, 5) is 40.5. The summed E-state index contributed by atoms with van der Waals surface area (Å²) in [6.07, 6.45) is 0.373. The van der Waals surface area contributed by atoms with E-state index >= 15 is 0 Å². The molecular weight excluding hydrogens is 450 g/mol. The van der Waals surface area contributed by atoms with Crippen LogP contribution >= 0.6 is 15.9 Å². The topological polar surface area (TPSA) is 104 Å². The summed E-state index contributed by atoms with van der Waals surface area (Å²) in [6, 6.07) is 5.98. The Morgan fingerprint density at radius 2 is 2.11 bits per heavy atom. The Balaban J connectivity index is 1.77. The smallest absolute Gasteiger partial charge is 0.325 e. The highest BCUT2D eigenvalue weighted by Gasteiger charge is 2.50. The standard InChI is InChI=1S/C18H22BrN3O5S/c1-3-21(14-7-8-28(26,27)11-14)15(23)10-22-16(24)18(2,20-17(22)25)12-5-4-6-13(19)9-12/h4-6,9,14H,3,7-8,10-11H2,1-2H3,(H,20,25)/t14-,18-/m0/s1. The van der Waals surface area contributed by atoms with Gasteiger partial charge in [-0.2, -0.15) is 0 Å². The summed E-state index contributed by atoms with van der Waals surface area (Å²) in [7, 11) is -3.15. The van der Waals surface area contributed by atoms with Crippen LogP contribution in [0.3, 0.4) is 0 Å². The number of carbonyl (C=O) groups is 3. The molecule has 10 heteroatoms. The molecule has 2 aliphatic heterocycles. The second kappa shape index (κ2) is 7.47. The van der Waals surface area contributed by atoms with Crippen LogP contribution in [0.15, 0.2) is 28.7 Å². The Morgan fingerprint density at radius 1 is 1.39 bits per heavy atom. The van der Waals surface area contributed by atoms with E-state index in [4.69, 9.17) is 0 Å². The van der Waals surface area contributed by atoms with Crippen LogP contribution in [0, 0.1) is 0 Å². The van der Waals surface area contributed by atoms with Crippen molar-refractivity contribution in [2.75, 3.05) is 24.6 Å². The van der Waals surface area contributed by atoms with Crippen LogP contribution in [-0.4, -0.2) is 66.7 Å². The lowest BCUT2D eigenvalue weighted by atomic mass is 9.92. The van der Waals surface area contributed by atoms with Crippen LogP contribution in [-0.2, 0) is 25.0 Å². The first-order valence-electron chi connectivity index (χ1n) is 8.97. The van der Waals surface area contributed by atoms with Gasteiger partial charge < -0.3 is 10.2 Å². The van der Waals surface area contributed by atoms with Crippen molar-refractivity contribution >= 4 is 43.6 Å². The van der Waals surface area contributed by atoms with Gasteiger partial charge in [-0.05, 0) is 38.0 Å². The molecule has 0 aliphatic carbocycles. The number of halogens is 1. The number of hydrogen-bond donors (Lipinski definition) is 1. The van der Waals surface area contributed by atoms with Crippen molar-refractivity contribution < 1.29 is 22.8 Å². The molecule has 2 fully saturated rings. The fraction of sp³-hybridized carbons (Fsp3) is 0.500. The Labute approximate surface area is 172 Å². The van der Waals surface area contributed by atoms with Gasteiger partial charge in [-0.3, -0.25) is 14.5 Å². The zero-order valence-electron chi connectivity index (χ0n) is 15.6. The number of nitrogens with zero attached hydrogens (tertiary/aromatic N) is 2. The van der Waals surface area contributed by atoms with Crippen molar-refractivity contribution in [3.05, 3.63) is 34.3 Å². The summed E-state index contributed by atoms with van der Waals surface area (Å²) in [5.41, 5.74) is -0.668. The first kappa shape index (κ1) is 20.8. The molecule has 1 N–H and O–H groups in total. The highest BCUT2D eigenvalue weighted by molar-refractivity contribution is 9.10. The number of nitrogens with one attached hydrogen (secondary N) is 1. The van der Waals surface area contributed by atoms with E-state index in [0.717, 1.165) is 9.37 Å². The molecule has 0 spiro atoms. The molecule has 8 nitrogen and oxygen atoms in total. The molecular formula is C18H22BrN3O5S. The molecule has 2 heterocycles. The predicted octanol–water partition coefficient (Wildman–Crippen LogP) is 1.25. The van der Waals surface area contributed by atoms with Crippen molar-refractivity contribution in [1.82, 2.24) is 15.1 Å². The Morgan fingerprint density at radius 3 is 2.68 bits per heavy atom. The van der Waals surface area contributed by atoms with E-state index in [9.17, 15) is 22.8 Å². The maximum atomic E-state index is 13.0. The minimum Gasteiger partial charge on any atom is -0.337 e. The van der Waals surface area contributed by atoms with Crippen LogP contribution in [0.25, 0.3) is 0 Å². The maximum absolute atomic E-state index is 13.0. The lowest BCUT2D eigenvalue weighted by molar-refractivity contribution is -0.139. The third kappa shape index (κ3) is 3.80. The summed E-state index contributed by atoms with van der Waals surface area (Å²) < 4.78 is 24.2.